The van der Waals surface area contributed by atoms with Crippen LogP contribution in [-0.2, 0) is 16.6 Å². The lowest BCUT2D eigenvalue weighted by Crippen LogP contribution is -2.36. The van der Waals surface area contributed by atoms with E-state index in [-0.39, 0.29) is 34.7 Å². The molecule has 0 aliphatic carbocycles. The zero-order valence-corrected chi connectivity index (χ0v) is 24.6. The number of anilines is 1. The molecule has 43 heavy (non-hydrogen) atoms. The summed E-state index contributed by atoms with van der Waals surface area (Å²) in [5.41, 5.74) is 5.34. The van der Waals surface area contributed by atoms with Gasteiger partial charge in [-0.25, -0.2) is 18.1 Å². The number of fused-ring (bicyclic) bond motifs is 4. The number of sulfonamides is 1. The largest absolute Gasteiger partial charge is 0.467 e. The second kappa shape index (κ2) is 11.7. The number of ether oxygens (including phenoxy) is 1. The van der Waals surface area contributed by atoms with Crippen molar-refractivity contribution in [1.82, 2.24) is 14.9 Å². The minimum atomic E-state index is -4.14. The van der Waals surface area contributed by atoms with E-state index in [1.54, 1.807) is 23.1 Å². The van der Waals surface area contributed by atoms with Gasteiger partial charge in [0.25, 0.3) is 15.9 Å². The van der Waals surface area contributed by atoms with Gasteiger partial charge in [-0.1, -0.05) is 84.9 Å². The van der Waals surface area contributed by atoms with Gasteiger partial charge in [0.1, 0.15) is 6.10 Å². The van der Waals surface area contributed by atoms with E-state index < -0.39 is 16.1 Å². The maximum atomic E-state index is 14.0. The normalized spacial score (nSPS) is 16.2. The van der Waals surface area contributed by atoms with Gasteiger partial charge in [0.05, 0.1) is 17.1 Å². The zero-order valence-electron chi connectivity index (χ0n) is 23.8. The maximum absolute atomic E-state index is 14.0. The molecule has 1 amide bonds. The second-order valence-electron chi connectivity index (χ2n) is 10.5. The first kappa shape index (κ1) is 28.1. The molecule has 5 aromatic rings. The Kier molecular flexibility index (Phi) is 7.65. The molecule has 2 heterocycles. The van der Waals surface area contributed by atoms with Crippen LogP contribution in [0.15, 0.2) is 114 Å². The molecular weight excluding hydrogens is 560 g/mol. The molecule has 1 aliphatic heterocycles. The number of hydrogen-bond donors (Lipinski definition) is 1. The molecule has 0 saturated carbocycles. The third-order valence-electron chi connectivity index (χ3n) is 7.38. The third-order valence-corrected chi connectivity index (χ3v) is 8.71. The molecule has 9 heteroatoms. The van der Waals surface area contributed by atoms with E-state index in [0.29, 0.717) is 12.2 Å². The number of aromatic nitrogens is 2. The summed E-state index contributed by atoms with van der Waals surface area (Å²) in [5, 5.41) is 0. The van der Waals surface area contributed by atoms with Crippen LogP contribution < -0.4 is 9.46 Å². The Morgan fingerprint density at radius 1 is 0.837 bits per heavy atom. The molecule has 1 aromatic heterocycles. The lowest BCUT2D eigenvalue weighted by Gasteiger charge is -2.28. The van der Waals surface area contributed by atoms with Crippen LogP contribution in [0.1, 0.15) is 38.7 Å². The summed E-state index contributed by atoms with van der Waals surface area (Å²) in [7, 11) is -4.14. The fourth-order valence-electron chi connectivity index (χ4n) is 5.28. The van der Waals surface area contributed by atoms with E-state index >= 15 is 0 Å². The number of benzene rings is 4. The number of amides is 1. The van der Waals surface area contributed by atoms with Crippen LogP contribution in [0.4, 0.5) is 5.95 Å². The maximum Gasteiger partial charge on any atom is 0.264 e. The van der Waals surface area contributed by atoms with E-state index in [2.05, 4.69) is 14.7 Å². The Morgan fingerprint density at radius 2 is 1.51 bits per heavy atom. The molecule has 0 spiro atoms. The molecule has 4 bridgehead atoms. The van der Waals surface area contributed by atoms with Gasteiger partial charge in [0, 0.05) is 23.7 Å². The van der Waals surface area contributed by atoms with Gasteiger partial charge in [0.2, 0.25) is 11.8 Å². The lowest BCUT2D eigenvalue weighted by atomic mass is 10.00. The number of rotatable bonds is 4. The summed E-state index contributed by atoms with van der Waals surface area (Å²) in [6.45, 7) is 4.43. The van der Waals surface area contributed by atoms with Crippen molar-refractivity contribution < 1.29 is 17.9 Å². The molecule has 1 atom stereocenters. The molecule has 216 valence electrons. The van der Waals surface area contributed by atoms with Gasteiger partial charge in [-0.15, -0.1) is 0 Å². The minimum Gasteiger partial charge on any atom is -0.467 e. The van der Waals surface area contributed by atoms with E-state index in [9.17, 15) is 13.2 Å². The van der Waals surface area contributed by atoms with Crippen molar-refractivity contribution in [1.29, 1.82) is 0 Å². The van der Waals surface area contributed by atoms with E-state index in [1.807, 2.05) is 92.7 Å². The smallest absolute Gasteiger partial charge is 0.264 e. The summed E-state index contributed by atoms with van der Waals surface area (Å²) >= 11 is 0. The summed E-state index contributed by atoms with van der Waals surface area (Å²) in [5.74, 6) is -0.268. The molecule has 8 nitrogen and oxygen atoms in total. The van der Waals surface area contributed by atoms with E-state index in [4.69, 9.17) is 4.74 Å². The van der Waals surface area contributed by atoms with Crippen LogP contribution in [0.2, 0.25) is 0 Å². The fourth-order valence-corrected chi connectivity index (χ4v) is 6.27. The molecule has 0 fully saturated rings. The zero-order chi connectivity index (χ0) is 30.0. The number of aryl methyl sites for hydroxylation is 2. The Balaban J connectivity index is 1.54. The summed E-state index contributed by atoms with van der Waals surface area (Å²) < 4.78 is 36.2. The van der Waals surface area contributed by atoms with E-state index in [1.165, 1.54) is 12.1 Å². The van der Waals surface area contributed by atoms with Crippen molar-refractivity contribution in [3.05, 3.63) is 137 Å². The van der Waals surface area contributed by atoms with Gasteiger partial charge in [-0.3, -0.25) is 4.79 Å². The molecule has 1 aliphatic rings. The minimum absolute atomic E-state index is 0.0691. The topological polar surface area (TPSA) is 101 Å². The standard InChI is InChI=1S/C34H30N4O4S/c1-23-11-9-12-24(2)32(23)29-20-31-36-34(35-29)37-43(40,41)28-18-10-17-27(19-28)33(39)38(21-25-13-5-3-6-14-25)22-30(42-31)26-15-7-4-8-16-26/h3-20,30H,21-22H2,1-2H3,(H,35,36,37)/t30-/m1/s1. The number of hydrogen-bond acceptors (Lipinski definition) is 6. The number of carbonyl (C=O) groups excluding carboxylic acids is 1. The molecule has 1 N–H and O–H groups in total. The van der Waals surface area contributed by atoms with Crippen LogP contribution >= 0.6 is 0 Å². The predicted molar refractivity (Wildman–Crippen MR) is 165 cm³/mol. The summed E-state index contributed by atoms with van der Waals surface area (Å²) in [4.78, 5) is 24.7. The van der Waals surface area contributed by atoms with Crippen molar-refractivity contribution in [2.24, 2.45) is 0 Å². The van der Waals surface area contributed by atoms with Crippen molar-refractivity contribution in [2.45, 2.75) is 31.4 Å². The highest BCUT2D eigenvalue weighted by atomic mass is 32.2. The van der Waals surface area contributed by atoms with Crippen LogP contribution in [0.5, 0.6) is 5.88 Å². The lowest BCUT2D eigenvalue weighted by molar-refractivity contribution is 0.0634. The molecule has 4 aromatic carbocycles. The monoisotopic (exact) mass is 590 g/mol. The highest BCUT2D eigenvalue weighted by molar-refractivity contribution is 7.92. The molecule has 0 saturated heterocycles. The van der Waals surface area contributed by atoms with Crippen molar-refractivity contribution >= 4 is 21.9 Å². The molecule has 6 rings (SSSR count). The first-order chi connectivity index (χ1) is 20.8. The average molecular weight is 591 g/mol. The number of carbonyl (C=O) groups is 1. The summed E-state index contributed by atoms with van der Waals surface area (Å²) in [6, 6.07) is 32.9. The molecule has 0 unspecified atom stereocenters. The Morgan fingerprint density at radius 3 is 2.23 bits per heavy atom. The van der Waals surface area contributed by atoms with Crippen LogP contribution in [0, 0.1) is 13.8 Å². The van der Waals surface area contributed by atoms with Gasteiger partial charge < -0.3 is 9.64 Å². The summed E-state index contributed by atoms with van der Waals surface area (Å²) in [6.07, 6.45) is -0.622. The van der Waals surface area contributed by atoms with Crippen molar-refractivity contribution in [3.63, 3.8) is 0 Å². The number of nitrogens with one attached hydrogen (secondary N) is 1. The van der Waals surface area contributed by atoms with Crippen LogP contribution in [0.3, 0.4) is 0 Å². The van der Waals surface area contributed by atoms with Gasteiger partial charge in [0.15, 0.2) is 0 Å². The quantitative estimate of drug-likeness (QED) is 0.262. The first-order valence-electron chi connectivity index (χ1n) is 13.9. The fraction of sp³-hybridized carbons (Fsp3) is 0.147. The second-order valence-corrected chi connectivity index (χ2v) is 12.2. The van der Waals surface area contributed by atoms with Gasteiger partial charge >= 0.3 is 0 Å². The molecular formula is C34H30N4O4S. The first-order valence-corrected chi connectivity index (χ1v) is 15.4. The van der Waals surface area contributed by atoms with Gasteiger partial charge in [-0.05, 0) is 54.3 Å². The van der Waals surface area contributed by atoms with Crippen molar-refractivity contribution in [3.8, 4) is 17.1 Å². The highest BCUT2D eigenvalue weighted by Gasteiger charge is 2.27. The highest BCUT2D eigenvalue weighted by Crippen LogP contribution is 2.32. The van der Waals surface area contributed by atoms with E-state index in [0.717, 1.165) is 27.8 Å². The third kappa shape index (κ3) is 6.12. The van der Waals surface area contributed by atoms with Crippen LogP contribution in [-0.4, -0.2) is 35.7 Å². The predicted octanol–water partition coefficient (Wildman–Crippen LogP) is 6.34. The Labute approximate surface area is 251 Å². The molecule has 0 radical (unpaired) electrons. The average Bonchev–Trinajstić information content (AvgIpc) is 3.00. The Bertz CT molecular complexity index is 1880. The van der Waals surface area contributed by atoms with Gasteiger partial charge in [-0.2, -0.15) is 4.98 Å². The Hall–Kier alpha value is -5.02. The van der Waals surface area contributed by atoms with Crippen LogP contribution in [0.25, 0.3) is 11.3 Å². The number of nitrogens with zero attached hydrogens (tertiary/aromatic N) is 3. The van der Waals surface area contributed by atoms with Crippen molar-refractivity contribution in [2.75, 3.05) is 11.3 Å². The SMILES string of the molecule is Cc1cccc(C)c1-c1cc2nc(n1)NS(=O)(=O)c1cccc(c1)C(=O)N(Cc1ccccc1)C[C@H](c1ccccc1)O2.